The number of rotatable bonds is 4. The van der Waals surface area contributed by atoms with Crippen LogP contribution in [0.1, 0.15) is 0 Å². The first-order valence-corrected chi connectivity index (χ1v) is 9.37. The molecule has 0 atom stereocenters. The number of anilines is 4. The molecule has 4 rings (SSSR count). The maximum absolute atomic E-state index is 5.42. The Morgan fingerprint density at radius 1 is 0.815 bits per heavy atom. The zero-order valence-corrected chi connectivity index (χ0v) is 16.0. The van der Waals surface area contributed by atoms with E-state index in [-0.39, 0.29) is 0 Å². The minimum Gasteiger partial charge on any atom is -0.378 e. The standard InChI is InChI=1S/C18H26N8O/c1-23(2)16-3-4-17(22-21-16)25-9-7-24(8-10-25)15-5-6-19-18(20-15)26-11-13-27-14-12-26/h3-6H,7-14H2,1-2H3. The first kappa shape index (κ1) is 17.7. The van der Waals surface area contributed by atoms with Gasteiger partial charge in [-0.1, -0.05) is 0 Å². The third-order valence-corrected chi connectivity index (χ3v) is 4.94. The molecule has 9 heteroatoms. The van der Waals surface area contributed by atoms with Crippen LogP contribution < -0.4 is 19.6 Å². The van der Waals surface area contributed by atoms with Crippen LogP contribution in [0.15, 0.2) is 24.4 Å². The summed E-state index contributed by atoms with van der Waals surface area (Å²) in [5.74, 6) is 3.58. The zero-order chi connectivity index (χ0) is 18.6. The number of aromatic nitrogens is 4. The Bertz CT molecular complexity index is 739. The topological polar surface area (TPSA) is 73.8 Å². The summed E-state index contributed by atoms with van der Waals surface area (Å²) >= 11 is 0. The van der Waals surface area contributed by atoms with Gasteiger partial charge in [0, 0.05) is 59.6 Å². The third kappa shape index (κ3) is 4.02. The summed E-state index contributed by atoms with van der Waals surface area (Å²) in [4.78, 5) is 17.9. The van der Waals surface area contributed by atoms with Crippen LogP contribution in [0.5, 0.6) is 0 Å². The smallest absolute Gasteiger partial charge is 0.227 e. The molecule has 2 saturated heterocycles. The van der Waals surface area contributed by atoms with Crippen LogP contribution in [0.3, 0.4) is 0 Å². The van der Waals surface area contributed by atoms with E-state index >= 15 is 0 Å². The van der Waals surface area contributed by atoms with Gasteiger partial charge in [0.1, 0.15) is 5.82 Å². The molecule has 2 aliphatic heterocycles. The molecular formula is C18H26N8O. The van der Waals surface area contributed by atoms with E-state index in [4.69, 9.17) is 9.72 Å². The number of ether oxygens (including phenoxy) is 1. The van der Waals surface area contributed by atoms with Crippen molar-refractivity contribution in [2.24, 2.45) is 0 Å². The molecule has 27 heavy (non-hydrogen) atoms. The molecule has 0 saturated carbocycles. The van der Waals surface area contributed by atoms with Crippen molar-refractivity contribution in [3.8, 4) is 0 Å². The average Bonchev–Trinajstić information content (AvgIpc) is 2.75. The highest BCUT2D eigenvalue weighted by atomic mass is 16.5. The Kier molecular flexibility index (Phi) is 5.19. The predicted octanol–water partition coefficient (Wildman–Crippen LogP) is 0.496. The first-order chi connectivity index (χ1) is 13.2. The second kappa shape index (κ2) is 7.91. The van der Waals surface area contributed by atoms with Crippen molar-refractivity contribution in [3.05, 3.63) is 24.4 Å². The summed E-state index contributed by atoms with van der Waals surface area (Å²) in [6.07, 6.45) is 1.85. The fourth-order valence-corrected chi connectivity index (χ4v) is 3.32. The van der Waals surface area contributed by atoms with Gasteiger partial charge < -0.3 is 24.3 Å². The lowest BCUT2D eigenvalue weighted by atomic mass is 10.3. The van der Waals surface area contributed by atoms with E-state index in [0.717, 1.165) is 75.9 Å². The quantitative estimate of drug-likeness (QED) is 0.765. The maximum Gasteiger partial charge on any atom is 0.227 e. The van der Waals surface area contributed by atoms with E-state index in [0.29, 0.717) is 0 Å². The second-order valence-electron chi connectivity index (χ2n) is 6.93. The summed E-state index contributed by atoms with van der Waals surface area (Å²) in [5.41, 5.74) is 0. The van der Waals surface area contributed by atoms with Crippen LogP contribution in [0, 0.1) is 0 Å². The molecule has 2 aromatic heterocycles. The summed E-state index contributed by atoms with van der Waals surface area (Å²) in [6.45, 7) is 6.75. The monoisotopic (exact) mass is 370 g/mol. The van der Waals surface area contributed by atoms with Crippen LogP contribution in [-0.4, -0.2) is 86.7 Å². The number of morpholine rings is 1. The highest BCUT2D eigenvalue weighted by molar-refractivity contribution is 5.48. The van der Waals surface area contributed by atoms with Gasteiger partial charge in [-0.2, -0.15) is 4.98 Å². The highest BCUT2D eigenvalue weighted by Crippen LogP contribution is 2.20. The van der Waals surface area contributed by atoms with E-state index in [1.54, 1.807) is 0 Å². The van der Waals surface area contributed by atoms with Crippen LogP contribution in [0.25, 0.3) is 0 Å². The Hall–Kier alpha value is -2.68. The zero-order valence-electron chi connectivity index (χ0n) is 16.0. The van der Waals surface area contributed by atoms with E-state index in [1.165, 1.54) is 0 Å². The van der Waals surface area contributed by atoms with Gasteiger partial charge in [0.2, 0.25) is 5.95 Å². The molecule has 0 bridgehead atoms. The van der Waals surface area contributed by atoms with Gasteiger partial charge in [0.05, 0.1) is 13.2 Å². The van der Waals surface area contributed by atoms with Crippen molar-refractivity contribution in [2.45, 2.75) is 0 Å². The van der Waals surface area contributed by atoms with E-state index < -0.39 is 0 Å². The van der Waals surface area contributed by atoms with Gasteiger partial charge >= 0.3 is 0 Å². The second-order valence-corrected chi connectivity index (χ2v) is 6.93. The van der Waals surface area contributed by atoms with Crippen LogP contribution in [0.4, 0.5) is 23.4 Å². The first-order valence-electron chi connectivity index (χ1n) is 9.37. The van der Waals surface area contributed by atoms with Crippen molar-refractivity contribution in [2.75, 3.05) is 86.2 Å². The molecule has 0 radical (unpaired) electrons. The van der Waals surface area contributed by atoms with Gasteiger partial charge in [0.25, 0.3) is 0 Å². The lowest BCUT2D eigenvalue weighted by molar-refractivity contribution is 0.122. The minimum atomic E-state index is 0.736. The van der Waals surface area contributed by atoms with Crippen molar-refractivity contribution in [1.82, 2.24) is 20.2 Å². The van der Waals surface area contributed by atoms with E-state index in [2.05, 4.69) is 29.9 Å². The summed E-state index contributed by atoms with van der Waals surface area (Å²) < 4.78 is 5.42. The van der Waals surface area contributed by atoms with E-state index in [9.17, 15) is 0 Å². The summed E-state index contributed by atoms with van der Waals surface area (Å²) in [6, 6.07) is 6.04. The lowest BCUT2D eigenvalue weighted by Crippen LogP contribution is -2.47. The molecule has 0 spiro atoms. The van der Waals surface area contributed by atoms with Crippen molar-refractivity contribution in [3.63, 3.8) is 0 Å². The van der Waals surface area contributed by atoms with Crippen molar-refractivity contribution in [1.29, 1.82) is 0 Å². The molecule has 4 heterocycles. The molecular weight excluding hydrogens is 344 g/mol. The largest absolute Gasteiger partial charge is 0.378 e. The Balaban J connectivity index is 1.39. The van der Waals surface area contributed by atoms with Crippen LogP contribution in [0.2, 0.25) is 0 Å². The Morgan fingerprint density at radius 3 is 2.15 bits per heavy atom. The SMILES string of the molecule is CN(C)c1ccc(N2CCN(c3ccnc(N4CCOCC4)n3)CC2)nn1. The summed E-state index contributed by atoms with van der Waals surface area (Å²) in [7, 11) is 3.94. The molecule has 0 amide bonds. The molecule has 144 valence electrons. The maximum atomic E-state index is 5.42. The Morgan fingerprint density at radius 2 is 1.52 bits per heavy atom. The Labute approximate surface area is 159 Å². The van der Waals surface area contributed by atoms with Crippen molar-refractivity contribution >= 4 is 23.4 Å². The molecule has 0 aromatic carbocycles. The van der Waals surface area contributed by atoms with Crippen LogP contribution in [-0.2, 0) is 4.74 Å². The molecule has 2 aromatic rings. The fourth-order valence-electron chi connectivity index (χ4n) is 3.32. The average molecular weight is 370 g/mol. The van der Waals surface area contributed by atoms with Gasteiger partial charge in [-0.15, -0.1) is 10.2 Å². The predicted molar refractivity (Wildman–Crippen MR) is 106 cm³/mol. The fraction of sp³-hybridized carbons (Fsp3) is 0.556. The number of hydrogen-bond donors (Lipinski definition) is 0. The van der Waals surface area contributed by atoms with E-state index in [1.807, 2.05) is 43.4 Å². The van der Waals surface area contributed by atoms with Gasteiger partial charge in [-0.05, 0) is 18.2 Å². The molecule has 2 aliphatic rings. The van der Waals surface area contributed by atoms with Gasteiger partial charge in [0.15, 0.2) is 11.6 Å². The molecule has 0 unspecified atom stereocenters. The number of nitrogens with zero attached hydrogens (tertiary/aromatic N) is 8. The normalized spacial score (nSPS) is 17.9. The molecule has 0 aliphatic carbocycles. The highest BCUT2D eigenvalue weighted by Gasteiger charge is 2.21. The van der Waals surface area contributed by atoms with Crippen LogP contribution >= 0.6 is 0 Å². The van der Waals surface area contributed by atoms with Gasteiger partial charge in [-0.3, -0.25) is 0 Å². The molecule has 9 nitrogen and oxygen atoms in total. The van der Waals surface area contributed by atoms with Gasteiger partial charge in [-0.25, -0.2) is 4.98 Å². The molecule has 2 fully saturated rings. The third-order valence-electron chi connectivity index (χ3n) is 4.94. The minimum absolute atomic E-state index is 0.736. The number of hydrogen-bond acceptors (Lipinski definition) is 9. The summed E-state index contributed by atoms with van der Waals surface area (Å²) in [5, 5.41) is 8.65. The molecule has 0 N–H and O–H groups in total. The number of piperazine rings is 1. The van der Waals surface area contributed by atoms with Crippen molar-refractivity contribution < 1.29 is 4.74 Å². The lowest BCUT2D eigenvalue weighted by Gasteiger charge is -2.36.